The predicted molar refractivity (Wildman–Crippen MR) is 113 cm³/mol. The molecule has 4 atom stereocenters. The largest absolute Gasteiger partial charge is 0.0651 e. The Hall–Kier alpha value is 0. The van der Waals surface area contributed by atoms with Crippen LogP contribution in [0.5, 0.6) is 0 Å². The van der Waals surface area contributed by atoms with Gasteiger partial charge in [-0.15, -0.1) is 0 Å². The van der Waals surface area contributed by atoms with E-state index in [-0.39, 0.29) is 0 Å². The normalized spacial score (nSPS) is 17.5. The molecule has 0 aromatic rings. The molecule has 0 N–H and O–H groups in total. The summed E-state index contributed by atoms with van der Waals surface area (Å²) in [5.74, 6) is 3.69. The van der Waals surface area contributed by atoms with E-state index in [9.17, 15) is 0 Å². The lowest BCUT2D eigenvalue weighted by Gasteiger charge is -2.23. The lowest BCUT2D eigenvalue weighted by atomic mass is 9.83. The number of rotatable bonds is 14. The van der Waals surface area contributed by atoms with Crippen LogP contribution in [0.15, 0.2) is 0 Å². The van der Waals surface area contributed by atoms with Gasteiger partial charge in [0.1, 0.15) is 0 Å². The van der Waals surface area contributed by atoms with Gasteiger partial charge < -0.3 is 0 Å². The lowest BCUT2D eigenvalue weighted by Crippen LogP contribution is -2.11. The molecule has 4 unspecified atom stereocenters. The summed E-state index contributed by atoms with van der Waals surface area (Å²) in [6, 6.07) is 0. The molecule has 0 aliphatic heterocycles. The second-order valence-electron chi connectivity index (χ2n) is 10.4. The van der Waals surface area contributed by atoms with Gasteiger partial charge in [0.25, 0.3) is 0 Å². The molecule has 0 aliphatic rings. The molecule has 0 saturated heterocycles. The Balaban J connectivity index is 3.60. The first kappa shape index (κ1) is 24.0. The summed E-state index contributed by atoms with van der Waals surface area (Å²) in [7, 11) is 0. The van der Waals surface area contributed by atoms with Gasteiger partial charge >= 0.3 is 0 Å². The van der Waals surface area contributed by atoms with E-state index in [1.54, 1.807) is 0 Å². The third-order valence-electron chi connectivity index (χ3n) is 5.84. The van der Waals surface area contributed by atoms with E-state index >= 15 is 0 Å². The zero-order valence-electron chi connectivity index (χ0n) is 18.6. The van der Waals surface area contributed by atoms with Crippen molar-refractivity contribution in [2.75, 3.05) is 0 Å². The lowest BCUT2D eigenvalue weighted by molar-refractivity contribution is 0.286. The van der Waals surface area contributed by atoms with Crippen molar-refractivity contribution in [2.45, 2.75) is 126 Å². The summed E-state index contributed by atoms with van der Waals surface area (Å²) >= 11 is 0. The molecule has 24 heavy (non-hydrogen) atoms. The maximum atomic E-state index is 2.47. The van der Waals surface area contributed by atoms with Crippen LogP contribution >= 0.6 is 0 Å². The molecular formula is C24H50. The van der Waals surface area contributed by atoms with Crippen LogP contribution < -0.4 is 0 Å². The molecule has 0 saturated carbocycles. The molecule has 0 spiro atoms. The third-order valence-corrected chi connectivity index (χ3v) is 5.84. The molecule has 0 aliphatic carbocycles. The van der Waals surface area contributed by atoms with Crippen LogP contribution in [0.3, 0.4) is 0 Å². The smallest absolute Gasteiger partial charge is 0.0380 e. The van der Waals surface area contributed by atoms with Gasteiger partial charge in [0.15, 0.2) is 0 Å². The fourth-order valence-corrected chi connectivity index (χ4v) is 4.08. The minimum atomic E-state index is 0.496. The second-order valence-corrected chi connectivity index (χ2v) is 10.4. The van der Waals surface area contributed by atoms with Gasteiger partial charge in [0.05, 0.1) is 0 Å². The third kappa shape index (κ3) is 15.5. The Bertz CT molecular complexity index is 272. The van der Waals surface area contributed by atoms with Crippen molar-refractivity contribution in [1.82, 2.24) is 0 Å². The monoisotopic (exact) mass is 338 g/mol. The molecular weight excluding hydrogens is 288 g/mol. The minimum absolute atomic E-state index is 0.496. The molecule has 146 valence electrons. The molecule has 0 bridgehead atoms. The van der Waals surface area contributed by atoms with Crippen molar-refractivity contribution >= 4 is 0 Å². The van der Waals surface area contributed by atoms with Crippen molar-refractivity contribution in [1.29, 1.82) is 0 Å². The highest BCUT2D eigenvalue weighted by Crippen LogP contribution is 2.28. The highest BCUT2D eigenvalue weighted by atomic mass is 14.2. The van der Waals surface area contributed by atoms with Gasteiger partial charge in [-0.25, -0.2) is 0 Å². The Labute approximate surface area is 155 Å². The maximum absolute atomic E-state index is 2.47. The first-order valence-corrected chi connectivity index (χ1v) is 11.1. The van der Waals surface area contributed by atoms with Gasteiger partial charge in [-0.2, -0.15) is 0 Å². The molecule has 0 aromatic heterocycles. The second kappa shape index (κ2) is 13.2. The van der Waals surface area contributed by atoms with Gasteiger partial charge in [0, 0.05) is 0 Å². The highest BCUT2D eigenvalue weighted by molar-refractivity contribution is 4.67. The van der Waals surface area contributed by atoms with E-state index in [0.29, 0.717) is 5.41 Å². The van der Waals surface area contributed by atoms with Crippen LogP contribution in [-0.2, 0) is 0 Å². The summed E-state index contributed by atoms with van der Waals surface area (Å²) in [5.41, 5.74) is 0.496. The summed E-state index contributed by atoms with van der Waals surface area (Å²) in [6.45, 7) is 19.2. The molecule has 0 heteroatoms. The van der Waals surface area contributed by atoms with Gasteiger partial charge in [-0.3, -0.25) is 0 Å². The molecule has 0 radical (unpaired) electrons. The van der Waals surface area contributed by atoms with Crippen molar-refractivity contribution in [2.24, 2.45) is 29.1 Å². The van der Waals surface area contributed by atoms with Crippen LogP contribution in [0.1, 0.15) is 126 Å². The Morgan fingerprint density at radius 2 is 0.875 bits per heavy atom. The fraction of sp³-hybridized carbons (Fsp3) is 1.00. The first-order chi connectivity index (χ1) is 11.1. The predicted octanol–water partition coefficient (Wildman–Crippen LogP) is 8.89. The molecule has 0 rings (SSSR count). The molecule has 0 aromatic carbocycles. The van der Waals surface area contributed by atoms with E-state index in [1.165, 1.54) is 70.6 Å². The highest BCUT2D eigenvalue weighted by Gasteiger charge is 2.15. The average molecular weight is 339 g/mol. The zero-order valence-corrected chi connectivity index (χ0v) is 18.6. The van der Waals surface area contributed by atoms with E-state index < -0.39 is 0 Å². The minimum Gasteiger partial charge on any atom is -0.0651 e. The molecule has 0 fully saturated rings. The van der Waals surface area contributed by atoms with Crippen molar-refractivity contribution in [3.05, 3.63) is 0 Å². The SMILES string of the molecule is CCC(C)CCCC(C)CCCC(C)CCCC(C)CC(C)(C)C. The quantitative estimate of drug-likeness (QED) is 0.296. The number of hydrogen-bond donors (Lipinski definition) is 0. The topological polar surface area (TPSA) is 0 Å². The van der Waals surface area contributed by atoms with Crippen molar-refractivity contribution in [3.63, 3.8) is 0 Å². The van der Waals surface area contributed by atoms with E-state index in [1.807, 2.05) is 0 Å². The van der Waals surface area contributed by atoms with Crippen LogP contribution in [0, 0.1) is 29.1 Å². The van der Waals surface area contributed by atoms with Gasteiger partial charge in [0.2, 0.25) is 0 Å². The zero-order chi connectivity index (χ0) is 18.6. The Morgan fingerprint density at radius 3 is 1.21 bits per heavy atom. The van der Waals surface area contributed by atoms with Crippen LogP contribution in [0.25, 0.3) is 0 Å². The maximum Gasteiger partial charge on any atom is -0.0380 e. The first-order valence-electron chi connectivity index (χ1n) is 11.1. The summed E-state index contributed by atoms with van der Waals surface area (Å²) in [4.78, 5) is 0. The van der Waals surface area contributed by atoms with E-state index in [0.717, 1.165) is 23.7 Å². The summed E-state index contributed by atoms with van der Waals surface area (Å²) in [6.07, 6.45) is 15.7. The van der Waals surface area contributed by atoms with E-state index in [2.05, 4.69) is 55.4 Å². The summed E-state index contributed by atoms with van der Waals surface area (Å²) < 4.78 is 0. The molecule has 0 heterocycles. The molecule has 0 amide bonds. The summed E-state index contributed by atoms with van der Waals surface area (Å²) in [5, 5.41) is 0. The standard InChI is InChI=1S/C24H50/c1-9-20(2)13-10-14-21(3)15-11-16-22(4)17-12-18-23(5)19-24(6,7)8/h20-23H,9-19H2,1-8H3. The molecule has 0 nitrogen and oxygen atoms in total. The van der Waals surface area contributed by atoms with Crippen LogP contribution in [0.2, 0.25) is 0 Å². The van der Waals surface area contributed by atoms with Crippen LogP contribution in [-0.4, -0.2) is 0 Å². The van der Waals surface area contributed by atoms with Crippen molar-refractivity contribution < 1.29 is 0 Å². The average Bonchev–Trinajstić information content (AvgIpc) is 2.45. The Kier molecular flexibility index (Phi) is 13.2. The fourth-order valence-electron chi connectivity index (χ4n) is 4.08. The van der Waals surface area contributed by atoms with Gasteiger partial charge in [-0.1, -0.05) is 120 Å². The van der Waals surface area contributed by atoms with Crippen molar-refractivity contribution in [3.8, 4) is 0 Å². The Morgan fingerprint density at radius 1 is 0.542 bits per heavy atom. The van der Waals surface area contributed by atoms with E-state index in [4.69, 9.17) is 0 Å². The van der Waals surface area contributed by atoms with Crippen LogP contribution in [0.4, 0.5) is 0 Å². The van der Waals surface area contributed by atoms with Gasteiger partial charge in [-0.05, 0) is 35.5 Å². The number of hydrogen-bond acceptors (Lipinski definition) is 0.